The van der Waals surface area contributed by atoms with Crippen molar-refractivity contribution >= 4 is 11.6 Å². The van der Waals surface area contributed by atoms with Gasteiger partial charge in [0.05, 0.1) is 18.5 Å². The van der Waals surface area contributed by atoms with Gasteiger partial charge in [-0.15, -0.1) is 0 Å². The summed E-state index contributed by atoms with van der Waals surface area (Å²) in [5.74, 6) is -0.377. The Morgan fingerprint density at radius 1 is 1.63 bits per heavy atom. The third kappa shape index (κ3) is 2.08. The topological polar surface area (TPSA) is 65.7 Å². The minimum Gasteiger partial charge on any atom is -0.462 e. The molecular weight excluding hydrogens is 246 g/mol. The highest BCUT2D eigenvalue weighted by molar-refractivity contribution is 5.90. The predicted octanol–water partition coefficient (Wildman–Crippen LogP) is 1.76. The molecule has 0 aromatic carbocycles. The van der Waals surface area contributed by atoms with Crippen molar-refractivity contribution in [1.29, 1.82) is 0 Å². The monoisotopic (exact) mass is 261 g/mol. The second kappa shape index (κ2) is 4.97. The maximum Gasteiger partial charge on any atom is 0.341 e. The van der Waals surface area contributed by atoms with Gasteiger partial charge in [-0.05, 0) is 19.8 Å². The van der Waals surface area contributed by atoms with Gasteiger partial charge in [-0.3, -0.25) is 0 Å². The van der Waals surface area contributed by atoms with E-state index in [1.807, 2.05) is 0 Å². The number of hydrogen-bond donors (Lipinski definition) is 0. The number of carbonyl (C=O) groups excluding carboxylic acids is 1. The fourth-order valence-corrected chi connectivity index (χ4v) is 2.36. The molecule has 1 aliphatic heterocycles. The van der Waals surface area contributed by atoms with E-state index in [0.717, 1.165) is 18.5 Å². The van der Waals surface area contributed by atoms with Crippen LogP contribution in [0.2, 0.25) is 0 Å². The summed E-state index contributed by atoms with van der Waals surface area (Å²) in [4.78, 5) is 16.2. The van der Waals surface area contributed by atoms with Crippen LogP contribution in [0.3, 0.4) is 0 Å². The fraction of sp³-hybridized carbons (Fsp3) is 0.462. The van der Waals surface area contributed by atoms with Gasteiger partial charge in [0.25, 0.3) is 0 Å². The summed E-state index contributed by atoms with van der Waals surface area (Å²) >= 11 is 0. The third-order valence-corrected chi connectivity index (χ3v) is 3.18. The largest absolute Gasteiger partial charge is 0.462 e. The van der Waals surface area contributed by atoms with Crippen LogP contribution in [0.15, 0.2) is 18.5 Å². The number of nitrogens with zero attached hydrogens (tertiary/aromatic N) is 3. The van der Waals surface area contributed by atoms with Gasteiger partial charge < -0.3 is 9.47 Å². The van der Waals surface area contributed by atoms with Crippen LogP contribution in [-0.4, -0.2) is 33.8 Å². The van der Waals surface area contributed by atoms with Crippen LogP contribution < -0.4 is 0 Å². The van der Waals surface area contributed by atoms with Crippen molar-refractivity contribution in [2.75, 3.05) is 13.2 Å². The molecule has 0 aliphatic carbocycles. The van der Waals surface area contributed by atoms with Crippen LogP contribution in [0.1, 0.15) is 41.9 Å². The lowest BCUT2D eigenvalue weighted by molar-refractivity contribution is 0.0510. The van der Waals surface area contributed by atoms with Crippen LogP contribution in [0, 0.1) is 0 Å². The summed E-state index contributed by atoms with van der Waals surface area (Å²) in [5.41, 5.74) is 1.88. The normalized spacial score (nSPS) is 18.9. The van der Waals surface area contributed by atoms with E-state index in [0.29, 0.717) is 24.4 Å². The quantitative estimate of drug-likeness (QED) is 0.788. The van der Waals surface area contributed by atoms with Gasteiger partial charge in [0.2, 0.25) is 0 Å². The van der Waals surface area contributed by atoms with Gasteiger partial charge in [-0.25, -0.2) is 14.3 Å². The average molecular weight is 261 g/mol. The van der Waals surface area contributed by atoms with E-state index in [1.165, 1.54) is 0 Å². The summed E-state index contributed by atoms with van der Waals surface area (Å²) in [7, 11) is 0. The van der Waals surface area contributed by atoms with Crippen LogP contribution in [0.25, 0.3) is 5.65 Å². The van der Waals surface area contributed by atoms with Gasteiger partial charge >= 0.3 is 5.97 Å². The highest BCUT2D eigenvalue weighted by atomic mass is 16.5. The molecule has 3 rings (SSSR count). The van der Waals surface area contributed by atoms with Crippen molar-refractivity contribution in [2.24, 2.45) is 0 Å². The zero-order valence-electron chi connectivity index (χ0n) is 10.7. The maximum absolute atomic E-state index is 12.0. The molecule has 0 radical (unpaired) electrons. The number of esters is 1. The SMILES string of the molecule is CCOC(=O)c1cnc2ccnn2c1C1CCCO1. The van der Waals surface area contributed by atoms with Crippen molar-refractivity contribution in [3.63, 3.8) is 0 Å². The maximum atomic E-state index is 12.0. The highest BCUT2D eigenvalue weighted by Gasteiger charge is 2.27. The first kappa shape index (κ1) is 12.1. The average Bonchev–Trinajstić information content (AvgIpc) is 3.08. The standard InChI is InChI=1S/C13H15N3O3/c1-2-18-13(17)9-8-14-11-5-6-15-16(11)12(9)10-4-3-7-19-10/h5-6,8,10H,2-4,7H2,1H3. The lowest BCUT2D eigenvalue weighted by Gasteiger charge is -2.15. The number of carbonyl (C=O) groups is 1. The first-order valence-corrected chi connectivity index (χ1v) is 6.42. The molecule has 19 heavy (non-hydrogen) atoms. The van der Waals surface area contributed by atoms with Crippen LogP contribution in [-0.2, 0) is 9.47 Å². The zero-order valence-corrected chi connectivity index (χ0v) is 10.7. The van der Waals surface area contributed by atoms with Crippen molar-refractivity contribution in [3.8, 4) is 0 Å². The lowest BCUT2D eigenvalue weighted by Crippen LogP contribution is -2.16. The molecule has 1 atom stereocenters. The number of rotatable bonds is 3. The number of ether oxygens (including phenoxy) is 2. The van der Waals surface area contributed by atoms with Crippen molar-refractivity contribution in [2.45, 2.75) is 25.9 Å². The summed E-state index contributed by atoms with van der Waals surface area (Å²) in [5, 5.41) is 4.23. The summed E-state index contributed by atoms with van der Waals surface area (Å²) < 4.78 is 12.4. The second-order valence-electron chi connectivity index (χ2n) is 4.38. The Balaban J connectivity index is 2.14. The smallest absolute Gasteiger partial charge is 0.341 e. The highest BCUT2D eigenvalue weighted by Crippen LogP contribution is 2.31. The predicted molar refractivity (Wildman–Crippen MR) is 66.9 cm³/mol. The van der Waals surface area contributed by atoms with Crippen LogP contribution >= 0.6 is 0 Å². The Kier molecular flexibility index (Phi) is 3.16. The Morgan fingerprint density at radius 3 is 3.26 bits per heavy atom. The van der Waals surface area contributed by atoms with Crippen molar-refractivity contribution in [3.05, 3.63) is 29.7 Å². The molecule has 2 aromatic heterocycles. The molecule has 6 nitrogen and oxygen atoms in total. The molecule has 1 unspecified atom stereocenters. The lowest BCUT2D eigenvalue weighted by atomic mass is 10.1. The van der Waals surface area contributed by atoms with E-state index in [1.54, 1.807) is 29.9 Å². The molecule has 0 saturated carbocycles. The second-order valence-corrected chi connectivity index (χ2v) is 4.38. The molecular formula is C13H15N3O3. The van der Waals surface area contributed by atoms with E-state index in [9.17, 15) is 4.79 Å². The van der Waals surface area contributed by atoms with Gasteiger partial charge in [0, 0.05) is 18.9 Å². The first-order valence-electron chi connectivity index (χ1n) is 6.42. The number of fused-ring (bicyclic) bond motifs is 1. The zero-order chi connectivity index (χ0) is 13.2. The molecule has 0 spiro atoms. The number of aromatic nitrogens is 3. The molecule has 2 aromatic rings. The molecule has 1 aliphatic rings. The van der Waals surface area contributed by atoms with Gasteiger partial charge in [0.15, 0.2) is 5.65 Å². The molecule has 0 amide bonds. The first-order chi connectivity index (χ1) is 9.31. The Bertz CT molecular complexity index is 602. The molecule has 1 saturated heterocycles. The Morgan fingerprint density at radius 2 is 2.53 bits per heavy atom. The van der Waals surface area contributed by atoms with E-state index in [2.05, 4.69) is 10.1 Å². The fourth-order valence-electron chi connectivity index (χ4n) is 2.36. The number of hydrogen-bond acceptors (Lipinski definition) is 5. The summed E-state index contributed by atoms with van der Waals surface area (Å²) in [6.07, 6.45) is 4.95. The van der Waals surface area contributed by atoms with Crippen molar-refractivity contribution in [1.82, 2.24) is 14.6 Å². The van der Waals surface area contributed by atoms with Gasteiger partial charge in [-0.2, -0.15) is 5.10 Å². The minimum absolute atomic E-state index is 0.121. The van der Waals surface area contributed by atoms with E-state index < -0.39 is 0 Å². The summed E-state index contributed by atoms with van der Waals surface area (Å²) in [6.45, 7) is 2.82. The van der Waals surface area contributed by atoms with E-state index in [4.69, 9.17) is 9.47 Å². The Labute approximate surface area is 110 Å². The van der Waals surface area contributed by atoms with E-state index in [-0.39, 0.29) is 12.1 Å². The van der Waals surface area contributed by atoms with Crippen molar-refractivity contribution < 1.29 is 14.3 Å². The minimum atomic E-state index is -0.377. The molecule has 0 N–H and O–H groups in total. The molecule has 1 fully saturated rings. The molecule has 3 heterocycles. The van der Waals surface area contributed by atoms with Gasteiger partial charge in [0.1, 0.15) is 11.7 Å². The van der Waals surface area contributed by atoms with E-state index >= 15 is 0 Å². The summed E-state index contributed by atoms with van der Waals surface area (Å²) in [6, 6.07) is 1.80. The molecule has 100 valence electrons. The Hall–Kier alpha value is -1.95. The third-order valence-electron chi connectivity index (χ3n) is 3.18. The van der Waals surface area contributed by atoms with Crippen LogP contribution in [0.5, 0.6) is 0 Å². The van der Waals surface area contributed by atoms with Crippen LogP contribution in [0.4, 0.5) is 0 Å². The van der Waals surface area contributed by atoms with Gasteiger partial charge in [-0.1, -0.05) is 0 Å². The molecule has 0 bridgehead atoms. The molecule has 6 heteroatoms.